The molecule has 2 aliphatic carbocycles. The maximum absolute atomic E-state index is 14.1. The summed E-state index contributed by atoms with van der Waals surface area (Å²) in [6.45, 7) is 0. The summed E-state index contributed by atoms with van der Waals surface area (Å²) < 4.78 is 40.5. The molecule has 0 amide bonds. The minimum absolute atomic E-state index is 0.110. The van der Waals surface area contributed by atoms with Gasteiger partial charge in [-0.2, -0.15) is 0 Å². The number of sulfonamides is 1. The molecule has 1 aromatic carbocycles. The zero-order valence-electron chi connectivity index (χ0n) is 13.0. The van der Waals surface area contributed by atoms with E-state index in [0.717, 1.165) is 23.2 Å². The van der Waals surface area contributed by atoms with Gasteiger partial charge in [0.05, 0.1) is 16.5 Å². The predicted molar refractivity (Wildman–Crippen MR) is 84.6 cm³/mol. The number of nitrogens with zero attached hydrogens (tertiary/aromatic N) is 1. The third-order valence-corrected chi connectivity index (χ3v) is 7.56. The SMILES string of the molecule is CN(c1ccc(C(=O)O)cc1F)S(=O)(=O)C1CCC2(CC1)CC2. The van der Waals surface area contributed by atoms with E-state index in [1.165, 1.54) is 32.0 Å². The van der Waals surface area contributed by atoms with Crippen molar-refractivity contribution in [3.63, 3.8) is 0 Å². The molecule has 0 heterocycles. The number of hydrogen-bond acceptors (Lipinski definition) is 3. The number of aromatic carboxylic acids is 1. The second-order valence-corrected chi connectivity index (χ2v) is 8.93. The first-order valence-electron chi connectivity index (χ1n) is 7.76. The molecule has 0 radical (unpaired) electrons. The molecule has 126 valence electrons. The highest BCUT2D eigenvalue weighted by atomic mass is 32.2. The number of carboxylic acids is 1. The number of rotatable bonds is 4. The van der Waals surface area contributed by atoms with E-state index in [-0.39, 0.29) is 11.3 Å². The van der Waals surface area contributed by atoms with Gasteiger partial charge in [-0.1, -0.05) is 0 Å². The Balaban J connectivity index is 1.81. The lowest BCUT2D eigenvalue weighted by molar-refractivity contribution is 0.0696. The molecule has 0 aliphatic heterocycles. The van der Waals surface area contributed by atoms with E-state index in [0.29, 0.717) is 18.3 Å². The van der Waals surface area contributed by atoms with Crippen molar-refractivity contribution in [3.8, 4) is 0 Å². The summed E-state index contributed by atoms with van der Waals surface area (Å²) in [6.07, 6.45) is 5.46. The Bertz CT molecular complexity index is 732. The fourth-order valence-electron chi connectivity index (χ4n) is 3.43. The van der Waals surface area contributed by atoms with Gasteiger partial charge < -0.3 is 5.11 Å². The van der Waals surface area contributed by atoms with E-state index in [9.17, 15) is 17.6 Å². The molecule has 2 fully saturated rings. The van der Waals surface area contributed by atoms with Crippen LogP contribution in [0, 0.1) is 11.2 Å². The van der Waals surface area contributed by atoms with Gasteiger partial charge in [-0.15, -0.1) is 0 Å². The van der Waals surface area contributed by atoms with Crippen LogP contribution in [0.4, 0.5) is 10.1 Å². The molecule has 0 aromatic heterocycles. The Kier molecular flexibility index (Phi) is 3.86. The molecule has 7 heteroatoms. The molecular weight excluding hydrogens is 321 g/mol. The van der Waals surface area contributed by atoms with Gasteiger partial charge in [0.2, 0.25) is 10.0 Å². The van der Waals surface area contributed by atoms with Crippen LogP contribution < -0.4 is 4.31 Å². The largest absolute Gasteiger partial charge is 0.478 e. The number of anilines is 1. The Morgan fingerprint density at radius 1 is 1.26 bits per heavy atom. The summed E-state index contributed by atoms with van der Waals surface area (Å²) >= 11 is 0. The van der Waals surface area contributed by atoms with E-state index in [4.69, 9.17) is 5.11 Å². The first-order valence-corrected chi connectivity index (χ1v) is 9.26. The van der Waals surface area contributed by atoms with Crippen molar-refractivity contribution >= 4 is 21.7 Å². The molecule has 1 aromatic rings. The van der Waals surface area contributed by atoms with Crippen LogP contribution in [0.2, 0.25) is 0 Å². The average Bonchev–Trinajstić information content (AvgIpc) is 3.26. The van der Waals surface area contributed by atoms with Crippen LogP contribution >= 0.6 is 0 Å². The van der Waals surface area contributed by atoms with E-state index in [1.54, 1.807) is 0 Å². The number of halogens is 1. The van der Waals surface area contributed by atoms with Gasteiger partial charge in [0.25, 0.3) is 0 Å². The molecule has 2 aliphatic rings. The van der Waals surface area contributed by atoms with Gasteiger partial charge in [0, 0.05) is 7.05 Å². The molecule has 5 nitrogen and oxygen atoms in total. The van der Waals surface area contributed by atoms with Crippen LogP contribution in [0.25, 0.3) is 0 Å². The summed E-state index contributed by atoms with van der Waals surface area (Å²) in [4.78, 5) is 10.8. The van der Waals surface area contributed by atoms with Crippen LogP contribution in [0.5, 0.6) is 0 Å². The third kappa shape index (κ3) is 2.94. The van der Waals surface area contributed by atoms with Gasteiger partial charge >= 0.3 is 5.97 Å². The minimum Gasteiger partial charge on any atom is -0.478 e. The lowest BCUT2D eigenvalue weighted by Gasteiger charge is -2.32. The molecule has 2 saturated carbocycles. The average molecular weight is 341 g/mol. The number of benzene rings is 1. The van der Waals surface area contributed by atoms with Crippen molar-refractivity contribution < 1.29 is 22.7 Å². The third-order valence-electron chi connectivity index (χ3n) is 5.29. The zero-order chi connectivity index (χ0) is 16.8. The molecule has 1 N–H and O–H groups in total. The first kappa shape index (κ1) is 16.2. The van der Waals surface area contributed by atoms with E-state index < -0.39 is 27.1 Å². The standard InChI is InChI=1S/C16H20FNO4S/c1-18(14-3-2-11(15(19)20)10-13(14)17)23(21,22)12-4-6-16(7-5-12)8-9-16/h2-3,10,12H,4-9H2,1H3,(H,19,20). The van der Waals surface area contributed by atoms with Crippen LogP contribution in [0.3, 0.4) is 0 Å². The molecule has 0 atom stereocenters. The van der Waals surface area contributed by atoms with Gasteiger partial charge in [0.15, 0.2) is 0 Å². The highest BCUT2D eigenvalue weighted by molar-refractivity contribution is 7.93. The molecule has 3 rings (SSSR count). The smallest absolute Gasteiger partial charge is 0.335 e. The lowest BCUT2D eigenvalue weighted by Crippen LogP contribution is -2.39. The van der Waals surface area contributed by atoms with Gasteiger partial charge in [-0.3, -0.25) is 4.31 Å². The lowest BCUT2D eigenvalue weighted by atomic mass is 9.86. The van der Waals surface area contributed by atoms with Gasteiger partial charge in [-0.25, -0.2) is 17.6 Å². The fourth-order valence-corrected chi connectivity index (χ4v) is 5.14. The van der Waals surface area contributed by atoms with Crippen LogP contribution in [-0.4, -0.2) is 31.8 Å². The maximum Gasteiger partial charge on any atom is 0.335 e. The zero-order valence-corrected chi connectivity index (χ0v) is 13.8. The minimum atomic E-state index is -3.65. The van der Waals surface area contributed by atoms with Crippen molar-refractivity contribution in [1.29, 1.82) is 0 Å². The highest BCUT2D eigenvalue weighted by Crippen LogP contribution is 2.56. The first-order chi connectivity index (χ1) is 10.8. The van der Waals surface area contributed by atoms with E-state index in [2.05, 4.69) is 0 Å². The summed E-state index contributed by atoms with van der Waals surface area (Å²) in [5.74, 6) is -2.09. The summed E-state index contributed by atoms with van der Waals surface area (Å²) in [5, 5.41) is 8.37. The molecule has 0 bridgehead atoms. The second kappa shape index (κ2) is 5.47. The predicted octanol–water partition coefficient (Wildman–Crippen LogP) is 3.01. The van der Waals surface area contributed by atoms with Gasteiger partial charge in [-0.05, 0) is 62.1 Å². The molecule has 1 spiro atoms. The van der Waals surface area contributed by atoms with Crippen molar-refractivity contribution in [3.05, 3.63) is 29.6 Å². The normalized spacial score (nSPS) is 20.4. The van der Waals surface area contributed by atoms with Crippen molar-refractivity contribution in [2.24, 2.45) is 5.41 Å². The number of hydrogen-bond donors (Lipinski definition) is 1. The van der Waals surface area contributed by atoms with Crippen molar-refractivity contribution in [1.82, 2.24) is 0 Å². The second-order valence-electron chi connectivity index (χ2n) is 6.68. The van der Waals surface area contributed by atoms with Crippen LogP contribution in [0.15, 0.2) is 18.2 Å². The Morgan fingerprint density at radius 2 is 1.87 bits per heavy atom. The number of carboxylic acid groups (broad SMARTS) is 1. The quantitative estimate of drug-likeness (QED) is 0.913. The molecule has 0 unspecified atom stereocenters. The maximum atomic E-state index is 14.1. The van der Waals surface area contributed by atoms with E-state index in [1.807, 2.05) is 0 Å². The van der Waals surface area contributed by atoms with Crippen LogP contribution in [0.1, 0.15) is 48.9 Å². The van der Waals surface area contributed by atoms with Gasteiger partial charge in [0.1, 0.15) is 5.82 Å². The molecular formula is C16H20FNO4S. The number of carbonyl (C=O) groups is 1. The van der Waals surface area contributed by atoms with E-state index >= 15 is 0 Å². The Morgan fingerprint density at radius 3 is 2.35 bits per heavy atom. The summed E-state index contributed by atoms with van der Waals surface area (Å²) in [7, 11) is -2.32. The summed E-state index contributed by atoms with van der Waals surface area (Å²) in [6, 6.07) is 3.28. The van der Waals surface area contributed by atoms with Crippen LogP contribution in [-0.2, 0) is 10.0 Å². The molecule has 23 heavy (non-hydrogen) atoms. The Labute approximate surface area is 135 Å². The summed E-state index contributed by atoms with van der Waals surface area (Å²) in [5.41, 5.74) is 0.0750. The fraction of sp³-hybridized carbons (Fsp3) is 0.562. The topological polar surface area (TPSA) is 74.7 Å². The molecule has 0 saturated heterocycles. The monoisotopic (exact) mass is 341 g/mol. The Hall–Kier alpha value is -1.63. The van der Waals surface area contributed by atoms with Crippen molar-refractivity contribution in [2.75, 3.05) is 11.4 Å². The highest BCUT2D eigenvalue weighted by Gasteiger charge is 2.47. The van der Waals surface area contributed by atoms with Crippen molar-refractivity contribution in [2.45, 2.75) is 43.8 Å².